The molecule has 0 saturated carbocycles. The van der Waals surface area contributed by atoms with Crippen molar-refractivity contribution in [1.29, 1.82) is 0 Å². The molecule has 140 valence electrons. The maximum atomic E-state index is 10.3. The Morgan fingerprint density at radius 1 is 1.16 bits per heavy atom. The molecule has 0 bridgehead atoms. The summed E-state index contributed by atoms with van der Waals surface area (Å²) in [6.07, 6.45) is 5.78. The standard InChI is InChI=1S/C22H33ClO2/c1-4-8-22(25)18(3)13-17(2)11-12-21(24)15-20(16-23)14-19-9-6-5-7-10-19/h4-7,9-10,16-18,21-22,24-25H,1,8,11-15H2,2-3H3/b20-16-/t17-,18-,21-,22+/m1/s1. The molecule has 2 N–H and O–H groups in total. The van der Waals surface area contributed by atoms with Crippen LogP contribution in [0.3, 0.4) is 0 Å². The van der Waals surface area contributed by atoms with Crippen molar-refractivity contribution in [2.24, 2.45) is 11.8 Å². The Labute approximate surface area is 158 Å². The van der Waals surface area contributed by atoms with Gasteiger partial charge >= 0.3 is 0 Å². The maximum Gasteiger partial charge on any atom is 0.0600 e. The molecule has 0 aromatic heterocycles. The first-order valence-electron chi connectivity index (χ1n) is 9.25. The normalized spacial score (nSPS) is 16.9. The molecule has 0 amide bonds. The molecule has 0 aliphatic heterocycles. The summed E-state index contributed by atoms with van der Waals surface area (Å²) >= 11 is 5.95. The van der Waals surface area contributed by atoms with Crippen molar-refractivity contribution in [2.45, 2.75) is 64.6 Å². The highest BCUT2D eigenvalue weighted by molar-refractivity contribution is 6.25. The Bertz CT molecular complexity index is 512. The van der Waals surface area contributed by atoms with Crippen LogP contribution in [0.2, 0.25) is 0 Å². The highest BCUT2D eigenvalue weighted by Crippen LogP contribution is 2.23. The molecule has 3 heteroatoms. The molecule has 1 aromatic carbocycles. The number of rotatable bonds is 12. The van der Waals surface area contributed by atoms with Gasteiger partial charge in [0.15, 0.2) is 0 Å². The minimum atomic E-state index is -0.371. The van der Waals surface area contributed by atoms with Gasteiger partial charge in [-0.2, -0.15) is 0 Å². The lowest BCUT2D eigenvalue weighted by molar-refractivity contribution is 0.101. The predicted molar refractivity (Wildman–Crippen MR) is 108 cm³/mol. The molecule has 0 spiro atoms. The van der Waals surface area contributed by atoms with Gasteiger partial charge in [0.05, 0.1) is 12.2 Å². The van der Waals surface area contributed by atoms with Crippen LogP contribution in [-0.2, 0) is 6.42 Å². The molecule has 0 saturated heterocycles. The van der Waals surface area contributed by atoms with Crippen LogP contribution in [0.5, 0.6) is 0 Å². The highest BCUT2D eigenvalue weighted by Gasteiger charge is 2.17. The summed E-state index contributed by atoms with van der Waals surface area (Å²) in [6, 6.07) is 10.2. The van der Waals surface area contributed by atoms with Crippen LogP contribution in [-0.4, -0.2) is 22.4 Å². The molecule has 4 atom stereocenters. The van der Waals surface area contributed by atoms with E-state index in [9.17, 15) is 10.2 Å². The van der Waals surface area contributed by atoms with E-state index in [0.29, 0.717) is 18.8 Å². The summed E-state index contributed by atoms with van der Waals surface area (Å²) in [5, 5.41) is 20.3. The smallest absolute Gasteiger partial charge is 0.0600 e. The largest absolute Gasteiger partial charge is 0.393 e. The van der Waals surface area contributed by atoms with Crippen molar-refractivity contribution in [2.75, 3.05) is 0 Å². The van der Waals surface area contributed by atoms with Gasteiger partial charge in [0.1, 0.15) is 0 Å². The van der Waals surface area contributed by atoms with Crippen molar-refractivity contribution >= 4 is 11.6 Å². The third-order valence-corrected chi connectivity index (χ3v) is 5.07. The van der Waals surface area contributed by atoms with Crippen LogP contribution in [0.25, 0.3) is 0 Å². The molecule has 1 rings (SSSR count). The second-order valence-electron chi connectivity index (χ2n) is 7.27. The molecule has 0 aliphatic carbocycles. The Hall–Kier alpha value is -1.09. The lowest BCUT2D eigenvalue weighted by atomic mass is 9.87. The second-order valence-corrected chi connectivity index (χ2v) is 7.49. The fourth-order valence-corrected chi connectivity index (χ4v) is 3.37. The zero-order chi connectivity index (χ0) is 18.7. The molecule has 0 aliphatic rings. The Morgan fingerprint density at radius 2 is 1.84 bits per heavy atom. The van der Waals surface area contributed by atoms with E-state index in [2.05, 4.69) is 32.6 Å². The number of aliphatic hydroxyl groups excluding tert-OH is 2. The summed E-state index contributed by atoms with van der Waals surface area (Å²) in [5.41, 5.74) is 3.87. The van der Waals surface area contributed by atoms with Crippen LogP contribution in [0, 0.1) is 11.8 Å². The molecule has 0 radical (unpaired) electrons. The minimum Gasteiger partial charge on any atom is -0.393 e. The molecule has 2 nitrogen and oxygen atoms in total. The van der Waals surface area contributed by atoms with E-state index in [1.165, 1.54) is 5.56 Å². The van der Waals surface area contributed by atoms with Crippen molar-refractivity contribution in [3.63, 3.8) is 0 Å². The zero-order valence-corrected chi connectivity index (χ0v) is 16.3. The fraction of sp³-hybridized carbons (Fsp3) is 0.545. The average Bonchev–Trinajstić information content (AvgIpc) is 2.60. The van der Waals surface area contributed by atoms with Crippen molar-refractivity contribution in [1.82, 2.24) is 0 Å². The monoisotopic (exact) mass is 364 g/mol. The Balaban J connectivity index is 2.35. The van der Waals surface area contributed by atoms with Gasteiger partial charge in [-0.25, -0.2) is 0 Å². The predicted octanol–water partition coefficient (Wildman–Crippen LogP) is 5.48. The summed E-state index contributed by atoms with van der Waals surface area (Å²) in [6.45, 7) is 7.94. The summed E-state index contributed by atoms with van der Waals surface area (Å²) in [7, 11) is 0. The summed E-state index contributed by atoms with van der Waals surface area (Å²) < 4.78 is 0. The maximum absolute atomic E-state index is 10.3. The number of hydrogen-bond donors (Lipinski definition) is 2. The van der Waals surface area contributed by atoms with E-state index in [1.807, 2.05) is 18.2 Å². The zero-order valence-electron chi connectivity index (χ0n) is 15.6. The molecule has 25 heavy (non-hydrogen) atoms. The lowest BCUT2D eigenvalue weighted by Crippen LogP contribution is -2.20. The molecule has 0 heterocycles. The van der Waals surface area contributed by atoms with Gasteiger partial charge in [-0.3, -0.25) is 0 Å². The van der Waals surface area contributed by atoms with E-state index >= 15 is 0 Å². The lowest BCUT2D eigenvalue weighted by Gasteiger charge is -2.22. The molecular weight excluding hydrogens is 332 g/mol. The highest BCUT2D eigenvalue weighted by atomic mass is 35.5. The molecule has 1 aromatic rings. The van der Waals surface area contributed by atoms with Gasteiger partial charge in [0.25, 0.3) is 0 Å². The van der Waals surface area contributed by atoms with E-state index in [1.54, 1.807) is 11.6 Å². The number of halogens is 1. The van der Waals surface area contributed by atoms with Gasteiger partial charge in [-0.05, 0) is 55.9 Å². The van der Waals surface area contributed by atoms with Crippen LogP contribution < -0.4 is 0 Å². The fourth-order valence-electron chi connectivity index (χ4n) is 3.21. The van der Waals surface area contributed by atoms with E-state index in [0.717, 1.165) is 31.3 Å². The molecule has 0 fully saturated rings. The van der Waals surface area contributed by atoms with Crippen molar-refractivity contribution < 1.29 is 10.2 Å². The topological polar surface area (TPSA) is 40.5 Å². The van der Waals surface area contributed by atoms with Crippen molar-refractivity contribution in [3.05, 3.63) is 59.7 Å². The van der Waals surface area contributed by atoms with Gasteiger partial charge in [0, 0.05) is 5.54 Å². The van der Waals surface area contributed by atoms with Crippen LogP contribution in [0.1, 0.15) is 51.5 Å². The third-order valence-electron chi connectivity index (χ3n) is 4.76. The van der Waals surface area contributed by atoms with E-state index in [4.69, 9.17) is 11.6 Å². The van der Waals surface area contributed by atoms with E-state index < -0.39 is 0 Å². The summed E-state index contributed by atoms with van der Waals surface area (Å²) in [4.78, 5) is 0. The molecule has 0 unspecified atom stereocenters. The average molecular weight is 365 g/mol. The second kappa shape index (κ2) is 12.3. The van der Waals surface area contributed by atoms with Gasteiger partial charge < -0.3 is 10.2 Å². The first kappa shape index (κ1) is 22.0. The van der Waals surface area contributed by atoms with Crippen LogP contribution in [0.15, 0.2) is 54.1 Å². The quantitative estimate of drug-likeness (QED) is 0.482. The SMILES string of the molecule is C=CC[C@H](O)[C@H](C)C[C@H](C)CC[C@@H](O)C/C(=C\Cl)Cc1ccccc1. The van der Waals surface area contributed by atoms with E-state index in [-0.39, 0.29) is 18.1 Å². The van der Waals surface area contributed by atoms with Gasteiger partial charge in [-0.1, -0.05) is 67.4 Å². The number of hydrogen-bond acceptors (Lipinski definition) is 2. The Morgan fingerprint density at radius 3 is 2.44 bits per heavy atom. The van der Waals surface area contributed by atoms with Crippen LogP contribution >= 0.6 is 11.6 Å². The molecular formula is C22H33ClO2. The number of benzene rings is 1. The first-order chi connectivity index (χ1) is 12.0. The van der Waals surface area contributed by atoms with Crippen molar-refractivity contribution in [3.8, 4) is 0 Å². The van der Waals surface area contributed by atoms with Gasteiger partial charge in [0.2, 0.25) is 0 Å². The minimum absolute atomic E-state index is 0.251. The third kappa shape index (κ3) is 9.25. The van der Waals surface area contributed by atoms with Crippen LogP contribution in [0.4, 0.5) is 0 Å². The summed E-state index contributed by atoms with van der Waals surface area (Å²) in [5.74, 6) is 0.725. The number of aliphatic hydroxyl groups is 2. The van der Waals surface area contributed by atoms with Gasteiger partial charge in [-0.15, -0.1) is 6.58 Å². The first-order valence-corrected chi connectivity index (χ1v) is 9.69. The Kier molecular flexibility index (Phi) is 10.8.